The molecule has 1 aromatic heterocycles. The van der Waals surface area contributed by atoms with Crippen LogP contribution in [0.2, 0.25) is 0 Å². The summed E-state index contributed by atoms with van der Waals surface area (Å²) in [7, 11) is 0. The molecule has 0 aliphatic rings. The van der Waals surface area contributed by atoms with E-state index < -0.39 is 5.97 Å². The third-order valence-corrected chi connectivity index (χ3v) is 2.39. The van der Waals surface area contributed by atoms with Gasteiger partial charge in [-0.3, -0.25) is 4.79 Å². The number of benzene rings is 1. The molecule has 1 heterocycles. The first-order valence-electron chi connectivity index (χ1n) is 4.98. The molecule has 86 valence electrons. The predicted octanol–water partition coefficient (Wildman–Crippen LogP) is 1.69. The Bertz CT molecular complexity index is 587. The first kappa shape index (κ1) is 11.1. The second kappa shape index (κ2) is 4.21. The first-order valence-corrected chi connectivity index (χ1v) is 4.98. The average molecular weight is 230 g/mol. The molecule has 0 aliphatic heterocycles. The van der Waals surface area contributed by atoms with Crippen molar-refractivity contribution in [1.29, 1.82) is 0 Å². The highest BCUT2D eigenvalue weighted by molar-refractivity contribution is 5.92. The molecule has 0 saturated heterocycles. The maximum Gasteiger partial charge on any atom is 0.337 e. The number of aromatic carboxylic acids is 1. The first-order chi connectivity index (χ1) is 8.13. The molecule has 0 fully saturated rings. The minimum absolute atomic E-state index is 0.149. The topological polar surface area (TPSA) is 72.2 Å². The highest BCUT2D eigenvalue weighted by atomic mass is 16.4. The van der Waals surface area contributed by atoms with Crippen molar-refractivity contribution in [2.75, 3.05) is 0 Å². The van der Waals surface area contributed by atoms with Crippen LogP contribution in [0.4, 0.5) is 0 Å². The molecule has 0 radical (unpaired) electrons. The van der Waals surface area contributed by atoms with Crippen molar-refractivity contribution < 1.29 is 14.7 Å². The van der Waals surface area contributed by atoms with E-state index in [-0.39, 0.29) is 11.3 Å². The Morgan fingerprint density at radius 3 is 2.71 bits per heavy atom. The number of nitrogens with zero attached hydrogens (tertiary/aromatic N) is 2. The number of para-hydroxylation sites is 1. The second-order valence-electron chi connectivity index (χ2n) is 3.56. The van der Waals surface area contributed by atoms with Crippen molar-refractivity contribution >= 4 is 12.3 Å². The molecule has 1 N–H and O–H groups in total. The summed E-state index contributed by atoms with van der Waals surface area (Å²) in [5, 5.41) is 13.1. The summed E-state index contributed by atoms with van der Waals surface area (Å²) in [4.78, 5) is 21.7. The number of carbonyl (C=O) groups excluding carboxylic acids is 1. The van der Waals surface area contributed by atoms with Crippen LogP contribution in [0.1, 0.15) is 26.5 Å². The lowest BCUT2D eigenvalue weighted by molar-refractivity contribution is 0.0696. The van der Waals surface area contributed by atoms with Crippen LogP contribution < -0.4 is 0 Å². The van der Waals surface area contributed by atoms with Crippen molar-refractivity contribution in [2.45, 2.75) is 6.92 Å². The van der Waals surface area contributed by atoms with Gasteiger partial charge in [-0.2, -0.15) is 5.10 Å². The standard InChI is InChI=1S/C12H10N2O3/c1-8-6-9(7-15)13-14(8)11-5-3-2-4-10(11)12(16)17/h2-7H,1H3,(H,16,17). The van der Waals surface area contributed by atoms with Gasteiger partial charge in [0.1, 0.15) is 5.69 Å². The predicted molar refractivity (Wildman–Crippen MR) is 60.6 cm³/mol. The Balaban J connectivity index is 2.63. The molecule has 0 aliphatic carbocycles. The number of aryl methyl sites for hydroxylation is 1. The molecular formula is C12H10N2O3. The Morgan fingerprint density at radius 1 is 1.41 bits per heavy atom. The summed E-state index contributed by atoms with van der Waals surface area (Å²) < 4.78 is 1.45. The number of rotatable bonds is 3. The smallest absolute Gasteiger partial charge is 0.337 e. The summed E-state index contributed by atoms with van der Waals surface area (Å²) in [5.74, 6) is -1.02. The molecule has 0 atom stereocenters. The van der Waals surface area contributed by atoms with Gasteiger partial charge in [-0.1, -0.05) is 12.1 Å². The van der Waals surface area contributed by atoms with Gasteiger partial charge in [-0.05, 0) is 25.1 Å². The van der Waals surface area contributed by atoms with Gasteiger partial charge in [-0.15, -0.1) is 0 Å². The minimum atomic E-state index is -1.02. The minimum Gasteiger partial charge on any atom is -0.478 e. The van der Waals surface area contributed by atoms with Gasteiger partial charge in [0.2, 0.25) is 0 Å². The molecule has 17 heavy (non-hydrogen) atoms. The van der Waals surface area contributed by atoms with Gasteiger partial charge < -0.3 is 5.11 Å². The summed E-state index contributed by atoms with van der Waals surface area (Å²) in [6, 6.07) is 8.12. The van der Waals surface area contributed by atoms with Gasteiger partial charge in [-0.25, -0.2) is 9.48 Å². The van der Waals surface area contributed by atoms with Gasteiger partial charge >= 0.3 is 5.97 Å². The summed E-state index contributed by atoms with van der Waals surface area (Å²) in [6.45, 7) is 1.76. The molecule has 5 heteroatoms. The molecular weight excluding hydrogens is 220 g/mol. The fourth-order valence-corrected chi connectivity index (χ4v) is 1.64. The molecule has 1 aromatic carbocycles. The number of aromatic nitrogens is 2. The molecule has 0 bridgehead atoms. The van der Waals surface area contributed by atoms with E-state index in [0.29, 0.717) is 17.7 Å². The zero-order valence-corrected chi connectivity index (χ0v) is 9.12. The van der Waals surface area contributed by atoms with Crippen LogP contribution in [0.25, 0.3) is 5.69 Å². The zero-order chi connectivity index (χ0) is 12.4. The molecule has 0 unspecified atom stereocenters. The SMILES string of the molecule is Cc1cc(C=O)nn1-c1ccccc1C(=O)O. The molecule has 2 aromatic rings. The van der Waals surface area contributed by atoms with E-state index >= 15 is 0 Å². The molecule has 2 rings (SSSR count). The lowest BCUT2D eigenvalue weighted by Gasteiger charge is -2.07. The number of carboxylic acids is 1. The number of aldehydes is 1. The zero-order valence-electron chi connectivity index (χ0n) is 9.12. The van der Waals surface area contributed by atoms with Crippen LogP contribution in [-0.4, -0.2) is 27.1 Å². The Kier molecular flexibility index (Phi) is 2.74. The quantitative estimate of drug-likeness (QED) is 0.814. The van der Waals surface area contributed by atoms with E-state index in [1.54, 1.807) is 31.2 Å². The number of carbonyl (C=O) groups is 2. The van der Waals surface area contributed by atoms with Crippen molar-refractivity contribution in [3.63, 3.8) is 0 Å². The van der Waals surface area contributed by atoms with Gasteiger partial charge in [0.25, 0.3) is 0 Å². The highest BCUT2D eigenvalue weighted by Crippen LogP contribution is 2.16. The van der Waals surface area contributed by atoms with Crippen molar-refractivity contribution in [1.82, 2.24) is 9.78 Å². The molecule has 0 spiro atoms. The third kappa shape index (κ3) is 1.94. The average Bonchev–Trinajstić information content (AvgIpc) is 2.70. The summed E-state index contributed by atoms with van der Waals surface area (Å²) >= 11 is 0. The van der Waals surface area contributed by atoms with Crippen LogP contribution in [0.5, 0.6) is 0 Å². The maximum absolute atomic E-state index is 11.1. The lowest BCUT2D eigenvalue weighted by Crippen LogP contribution is -2.07. The van der Waals surface area contributed by atoms with Crippen LogP contribution in [0.3, 0.4) is 0 Å². The lowest BCUT2D eigenvalue weighted by atomic mass is 10.2. The van der Waals surface area contributed by atoms with Gasteiger partial charge in [0, 0.05) is 5.69 Å². The van der Waals surface area contributed by atoms with Crippen molar-refractivity contribution in [3.05, 3.63) is 47.3 Å². The largest absolute Gasteiger partial charge is 0.478 e. The third-order valence-electron chi connectivity index (χ3n) is 2.39. The summed E-state index contributed by atoms with van der Waals surface area (Å²) in [6.07, 6.45) is 0.632. The van der Waals surface area contributed by atoms with Crippen LogP contribution in [-0.2, 0) is 0 Å². The van der Waals surface area contributed by atoms with E-state index in [2.05, 4.69) is 5.10 Å². The Morgan fingerprint density at radius 2 is 2.12 bits per heavy atom. The van der Waals surface area contributed by atoms with Crippen LogP contribution >= 0.6 is 0 Å². The maximum atomic E-state index is 11.1. The monoisotopic (exact) mass is 230 g/mol. The Labute approximate surface area is 97.3 Å². The van der Waals surface area contributed by atoms with E-state index in [1.165, 1.54) is 10.7 Å². The van der Waals surface area contributed by atoms with E-state index in [0.717, 1.165) is 0 Å². The second-order valence-corrected chi connectivity index (χ2v) is 3.56. The Hall–Kier alpha value is -2.43. The van der Waals surface area contributed by atoms with E-state index in [9.17, 15) is 9.59 Å². The number of carboxylic acid groups (broad SMARTS) is 1. The summed E-state index contributed by atoms with van der Waals surface area (Å²) in [5.41, 5.74) is 1.59. The fraction of sp³-hybridized carbons (Fsp3) is 0.0833. The van der Waals surface area contributed by atoms with Crippen molar-refractivity contribution in [2.24, 2.45) is 0 Å². The number of hydrogen-bond acceptors (Lipinski definition) is 3. The highest BCUT2D eigenvalue weighted by Gasteiger charge is 2.13. The number of hydrogen-bond donors (Lipinski definition) is 1. The molecule has 0 saturated carbocycles. The van der Waals surface area contributed by atoms with Gasteiger partial charge in [0.15, 0.2) is 6.29 Å². The normalized spacial score (nSPS) is 10.2. The van der Waals surface area contributed by atoms with Crippen LogP contribution in [0.15, 0.2) is 30.3 Å². The van der Waals surface area contributed by atoms with Crippen LogP contribution in [0, 0.1) is 6.92 Å². The van der Waals surface area contributed by atoms with E-state index in [4.69, 9.17) is 5.11 Å². The van der Waals surface area contributed by atoms with Crippen molar-refractivity contribution in [3.8, 4) is 5.69 Å². The fourth-order valence-electron chi connectivity index (χ4n) is 1.64. The van der Waals surface area contributed by atoms with Gasteiger partial charge in [0.05, 0.1) is 11.3 Å². The van der Waals surface area contributed by atoms with E-state index in [1.807, 2.05) is 0 Å². The molecule has 0 amide bonds. The molecule has 5 nitrogen and oxygen atoms in total.